The molecule has 26 heavy (non-hydrogen) atoms. The van der Waals surface area contributed by atoms with Gasteiger partial charge in [0.2, 0.25) is 5.13 Å². The molecule has 0 aliphatic carbocycles. The van der Waals surface area contributed by atoms with Gasteiger partial charge in [-0.3, -0.25) is 15.1 Å². The van der Waals surface area contributed by atoms with Crippen molar-refractivity contribution in [3.8, 4) is 0 Å². The molecule has 0 bridgehead atoms. The summed E-state index contributed by atoms with van der Waals surface area (Å²) in [5.74, 6) is 0.671. The summed E-state index contributed by atoms with van der Waals surface area (Å²) in [6.45, 7) is 6.21. The van der Waals surface area contributed by atoms with E-state index in [1.54, 1.807) is 18.0 Å². The molecule has 0 atom stereocenters. The molecule has 0 radical (unpaired) electrons. The second-order valence-electron chi connectivity index (χ2n) is 6.79. The summed E-state index contributed by atoms with van der Waals surface area (Å²) in [6, 6.07) is 11.5. The lowest BCUT2D eigenvalue weighted by Gasteiger charge is -2.12. The number of hydrogen-bond donors (Lipinski definition) is 1. The van der Waals surface area contributed by atoms with E-state index in [0.717, 1.165) is 15.7 Å². The lowest BCUT2D eigenvalue weighted by molar-refractivity contribution is 0.102. The molecule has 1 N–H and O–H groups in total. The van der Waals surface area contributed by atoms with E-state index in [4.69, 9.17) is 0 Å². The lowest BCUT2D eigenvalue weighted by atomic mass is 9.98. The van der Waals surface area contributed by atoms with E-state index >= 15 is 0 Å². The van der Waals surface area contributed by atoms with Gasteiger partial charge >= 0.3 is 0 Å². The van der Waals surface area contributed by atoms with Crippen LogP contribution < -0.4 is 5.32 Å². The molecule has 1 aromatic carbocycles. The van der Waals surface area contributed by atoms with Crippen LogP contribution in [0.25, 0.3) is 0 Å². The molecule has 0 aliphatic heterocycles. The number of amides is 1. The summed E-state index contributed by atoms with van der Waals surface area (Å²) in [5, 5.41) is 12.4. The maximum atomic E-state index is 12.4. The minimum atomic E-state index is -0.176. The first-order valence-corrected chi connectivity index (χ1v) is 9.99. The number of thioether (sulfide) groups is 1. The number of aromatic nitrogens is 3. The van der Waals surface area contributed by atoms with Crippen LogP contribution in [0.5, 0.6) is 0 Å². The van der Waals surface area contributed by atoms with Crippen molar-refractivity contribution >= 4 is 34.1 Å². The van der Waals surface area contributed by atoms with E-state index in [-0.39, 0.29) is 11.3 Å². The predicted octanol–water partition coefficient (Wildman–Crippen LogP) is 4.78. The molecule has 0 fully saturated rings. The number of nitrogens with one attached hydrogen (secondary N) is 1. The summed E-state index contributed by atoms with van der Waals surface area (Å²) >= 11 is 3.12. The molecular weight excluding hydrogens is 364 g/mol. The quantitative estimate of drug-likeness (QED) is 0.642. The highest BCUT2D eigenvalue weighted by Gasteiger charge is 2.20. The summed E-state index contributed by atoms with van der Waals surface area (Å²) in [5.41, 5.74) is 1.70. The third-order valence-electron chi connectivity index (χ3n) is 3.53. The van der Waals surface area contributed by atoms with Crippen molar-refractivity contribution in [2.75, 3.05) is 5.32 Å². The van der Waals surface area contributed by atoms with Crippen LogP contribution in [0.3, 0.4) is 0 Å². The molecule has 5 nitrogen and oxygen atoms in total. The monoisotopic (exact) mass is 384 g/mol. The van der Waals surface area contributed by atoms with E-state index in [1.165, 1.54) is 16.9 Å². The third kappa shape index (κ3) is 4.89. The maximum absolute atomic E-state index is 12.4. The van der Waals surface area contributed by atoms with Gasteiger partial charge in [0.25, 0.3) is 5.91 Å². The molecule has 0 saturated carbocycles. The SMILES string of the molecule is CC(C)(C)c1nnc(NC(=O)c2ccc(SCc3cccnc3)cc2)s1. The molecule has 0 aliphatic rings. The van der Waals surface area contributed by atoms with E-state index < -0.39 is 0 Å². The number of rotatable bonds is 5. The summed E-state index contributed by atoms with van der Waals surface area (Å²) in [4.78, 5) is 17.6. The van der Waals surface area contributed by atoms with Crippen LogP contribution in [0, 0.1) is 0 Å². The lowest BCUT2D eigenvalue weighted by Crippen LogP contribution is -2.11. The number of carbonyl (C=O) groups is 1. The molecule has 1 amide bonds. The largest absolute Gasteiger partial charge is 0.296 e. The van der Waals surface area contributed by atoms with Gasteiger partial charge in [-0.05, 0) is 35.9 Å². The predicted molar refractivity (Wildman–Crippen MR) is 107 cm³/mol. The zero-order chi connectivity index (χ0) is 18.6. The first kappa shape index (κ1) is 18.5. The molecule has 2 heterocycles. The molecular formula is C19H20N4OS2. The van der Waals surface area contributed by atoms with Crippen molar-refractivity contribution in [3.05, 3.63) is 64.9 Å². The summed E-state index contributed by atoms with van der Waals surface area (Å²) < 4.78 is 0. The number of hydrogen-bond acceptors (Lipinski definition) is 6. The Morgan fingerprint density at radius 1 is 1.15 bits per heavy atom. The molecule has 3 rings (SSSR count). The summed E-state index contributed by atoms with van der Waals surface area (Å²) in [7, 11) is 0. The highest BCUT2D eigenvalue weighted by atomic mass is 32.2. The summed E-state index contributed by atoms with van der Waals surface area (Å²) in [6.07, 6.45) is 3.63. The van der Waals surface area contributed by atoms with Gasteiger partial charge in [0.05, 0.1) is 0 Å². The fraction of sp³-hybridized carbons (Fsp3) is 0.263. The second kappa shape index (κ2) is 7.97. The molecule has 0 unspecified atom stereocenters. The minimum absolute atomic E-state index is 0.0756. The van der Waals surface area contributed by atoms with Crippen LogP contribution in [-0.2, 0) is 11.2 Å². The van der Waals surface area contributed by atoms with Crippen LogP contribution in [0.15, 0.2) is 53.7 Å². The Bertz CT molecular complexity index is 871. The van der Waals surface area contributed by atoms with Gasteiger partial charge in [-0.15, -0.1) is 22.0 Å². The Labute approximate surface area is 161 Å². The van der Waals surface area contributed by atoms with Crippen molar-refractivity contribution in [1.29, 1.82) is 0 Å². The Kier molecular flexibility index (Phi) is 5.68. The standard InChI is InChI=1S/C19H20N4OS2/c1-19(2,3)17-22-23-18(26-17)21-16(24)14-6-8-15(9-7-14)25-12-13-5-4-10-20-11-13/h4-11H,12H2,1-3H3,(H,21,23,24). The normalized spacial score (nSPS) is 11.3. The van der Waals surface area contributed by atoms with Gasteiger partial charge in [-0.1, -0.05) is 38.2 Å². The van der Waals surface area contributed by atoms with Gasteiger partial charge in [-0.25, -0.2) is 0 Å². The highest BCUT2D eigenvalue weighted by Crippen LogP contribution is 2.28. The van der Waals surface area contributed by atoms with E-state index in [1.807, 2.05) is 36.5 Å². The zero-order valence-electron chi connectivity index (χ0n) is 14.9. The molecule has 134 valence electrons. The van der Waals surface area contributed by atoms with Crippen molar-refractivity contribution < 1.29 is 4.79 Å². The highest BCUT2D eigenvalue weighted by molar-refractivity contribution is 7.98. The maximum Gasteiger partial charge on any atom is 0.257 e. The Morgan fingerprint density at radius 3 is 2.54 bits per heavy atom. The van der Waals surface area contributed by atoms with Crippen LogP contribution in [0.4, 0.5) is 5.13 Å². The number of carbonyl (C=O) groups excluding carboxylic acids is 1. The van der Waals surface area contributed by atoms with Crippen LogP contribution in [-0.4, -0.2) is 21.1 Å². The van der Waals surface area contributed by atoms with E-state index in [0.29, 0.717) is 10.7 Å². The van der Waals surface area contributed by atoms with Gasteiger partial charge in [0, 0.05) is 34.0 Å². The number of anilines is 1. The zero-order valence-corrected chi connectivity index (χ0v) is 16.5. The van der Waals surface area contributed by atoms with Crippen molar-refractivity contribution in [2.24, 2.45) is 0 Å². The minimum Gasteiger partial charge on any atom is -0.296 e. The third-order valence-corrected chi connectivity index (χ3v) is 5.88. The Hall–Kier alpha value is -2.25. The number of nitrogens with zero attached hydrogens (tertiary/aromatic N) is 3. The first-order chi connectivity index (χ1) is 12.4. The number of benzene rings is 1. The van der Waals surface area contributed by atoms with Crippen LogP contribution in [0.1, 0.15) is 41.7 Å². The number of pyridine rings is 1. The molecule has 3 aromatic rings. The van der Waals surface area contributed by atoms with E-state index in [2.05, 4.69) is 47.3 Å². The second-order valence-corrected chi connectivity index (χ2v) is 8.82. The van der Waals surface area contributed by atoms with Crippen molar-refractivity contribution in [1.82, 2.24) is 15.2 Å². The fourth-order valence-corrected chi connectivity index (χ4v) is 3.73. The first-order valence-electron chi connectivity index (χ1n) is 8.19. The Morgan fingerprint density at radius 2 is 1.92 bits per heavy atom. The van der Waals surface area contributed by atoms with Gasteiger partial charge in [0.15, 0.2) is 0 Å². The molecule has 2 aromatic heterocycles. The van der Waals surface area contributed by atoms with Gasteiger partial charge < -0.3 is 0 Å². The molecule has 7 heteroatoms. The van der Waals surface area contributed by atoms with Crippen molar-refractivity contribution in [2.45, 2.75) is 36.8 Å². The van der Waals surface area contributed by atoms with Crippen LogP contribution in [0.2, 0.25) is 0 Å². The van der Waals surface area contributed by atoms with Crippen molar-refractivity contribution in [3.63, 3.8) is 0 Å². The topological polar surface area (TPSA) is 67.8 Å². The van der Waals surface area contributed by atoms with Gasteiger partial charge in [0.1, 0.15) is 5.01 Å². The fourth-order valence-electron chi connectivity index (χ4n) is 2.10. The molecule has 0 saturated heterocycles. The molecule has 0 spiro atoms. The van der Waals surface area contributed by atoms with Crippen LogP contribution >= 0.6 is 23.1 Å². The van der Waals surface area contributed by atoms with Gasteiger partial charge in [-0.2, -0.15) is 0 Å². The average Bonchev–Trinajstić information content (AvgIpc) is 3.10. The smallest absolute Gasteiger partial charge is 0.257 e. The Balaban J connectivity index is 1.59. The average molecular weight is 385 g/mol. The van der Waals surface area contributed by atoms with E-state index in [9.17, 15) is 4.79 Å².